The predicted octanol–water partition coefficient (Wildman–Crippen LogP) is 12.6. The molecule has 0 bridgehead atoms. The Morgan fingerprint density at radius 3 is 1.98 bits per heavy atom. The molecule has 0 saturated heterocycles. The molecule has 52 heavy (non-hydrogen) atoms. The lowest BCUT2D eigenvalue weighted by molar-refractivity contribution is 0.577. The van der Waals surface area contributed by atoms with Gasteiger partial charge in [0.25, 0.3) is 0 Å². The highest BCUT2D eigenvalue weighted by Gasteiger charge is 2.50. The van der Waals surface area contributed by atoms with Gasteiger partial charge >= 0.3 is 0 Å². The minimum atomic E-state index is -0.525. The van der Waals surface area contributed by atoms with Crippen molar-refractivity contribution in [1.29, 1.82) is 0 Å². The van der Waals surface area contributed by atoms with Gasteiger partial charge < -0.3 is 4.42 Å². The molecule has 2 aliphatic rings. The molecule has 10 rings (SSSR count). The zero-order chi connectivity index (χ0) is 34.8. The van der Waals surface area contributed by atoms with Crippen molar-refractivity contribution >= 4 is 28.8 Å². The first kappa shape index (κ1) is 30.6. The van der Waals surface area contributed by atoms with E-state index in [1.807, 2.05) is 43.0 Å². The molecule has 3 nitrogen and oxygen atoms in total. The summed E-state index contributed by atoms with van der Waals surface area (Å²) >= 11 is 1.83. The third-order valence-electron chi connectivity index (χ3n) is 10.5. The molecule has 2 aromatic heterocycles. The van der Waals surface area contributed by atoms with Gasteiger partial charge in [-0.2, -0.15) is 0 Å². The molecular formula is C48H32N2OS. The molecule has 6 aromatic carbocycles. The molecule has 0 fully saturated rings. The highest BCUT2D eigenvalue weighted by atomic mass is 32.2. The van der Waals surface area contributed by atoms with E-state index in [0.717, 1.165) is 50.4 Å². The summed E-state index contributed by atoms with van der Waals surface area (Å²) < 4.78 is 6.40. The lowest BCUT2D eigenvalue weighted by atomic mass is 9.67. The number of nitrogens with zero attached hydrogens (tertiary/aromatic N) is 2. The van der Waals surface area contributed by atoms with Crippen LogP contribution in [0.2, 0.25) is 0 Å². The topological polar surface area (TPSA) is 38.9 Å². The lowest BCUT2D eigenvalue weighted by Crippen LogP contribution is -2.32. The Labute approximate surface area is 307 Å². The van der Waals surface area contributed by atoms with Crippen LogP contribution in [0.3, 0.4) is 0 Å². The summed E-state index contributed by atoms with van der Waals surface area (Å²) in [4.78, 5) is 12.8. The summed E-state index contributed by atoms with van der Waals surface area (Å²) in [6.45, 7) is 5.95. The van der Waals surface area contributed by atoms with E-state index in [1.54, 1.807) is 0 Å². The number of hydrogen-bond acceptors (Lipinski definition) is 4. The fourth-order valence-electron chi connectivity index (χ4n) is 8.23. The Bertz CT molecular complexity index is 2690. The number of aryl methyl sites for hydroxylation is 1. The number of aromatic nitrogens is 2. The first-order valence-corrected chi connectivity index (χ1v) is 18.3. The average molecular weight is 685 g/mol. The van der Waals surface area contributed by atoms with E-state index < -0.39 is 5.41 Å². The van der Waals surface area contributed by atoms with Crippen LogP contribution in [0.15, 0.2) is 179 Å². The molecule has 3 heterocycles. The van der Waals surface area contributed by atoms with E-state index in [1.165, 1.54) is 43.2 Å². The van der Waals surface area contributed by atoms with Crippen LogP contribution < -0.4 is 0 Å². The van der Waals surface area contributed by atoms with Gasteiger partial charge in [0.05, 0.1) is 16.8 Å². The smallest absolute Gasteiger partial charge is 0.160 e. The first-order valence-electron chi connectivity index (χ1n) is 17.5. The molecule has 0 amide bonds. The number of rotatable bonds is 5. The fourth-order valence-corrected chi connectivity index (χ4v) is 9.47. The number of furan rings is 1. The van der Waals surface area contributed by atoms with Crippen molar-refractivity contribution in [2.45, 2.75) is 22.1 Å². The second-order valence-corrected chi connectivity index (χ2v) is 14.4. The summed E-state index contributed by atoms with van der Waals surface area (Å²) in [6, 6.07) is 52.1. The summed E-state index contributed by atoms with van der Waals surface area (Å²) in [5, 5.41) is 1.11. The molecule has 1 aliphatic carbocycles. The largest absolute Gasteiger partial charge is 0.461 e. The second kappa shape index (κ2) is 11.9. The second-order valence-electron chi connectivity index (χ2n) is 13.4. The van der Waals surface area contributed by atoms with Crippen LogP contribution in [0.5, 0.6) is 0 Å². The van der Waals surface area contributed by atoms with Crippen molar-refractivity contribution in [2.75, 3.05) is 0 Å². The zero-order valence-corrected chi connectivity index (χ0v) is 29.3. The monoisotopic (exact) mass is 684 g/mol. The van der Waals surface area contributed by atoms with Crippen molar-refractivity contribution in [3.63, 3.8) is 0 Å². The molecule has 0 radical (unpaired) electrons. The Balaban J connectivity index is 1.23. The summed E-state index contributed by atoms with van der Waals surface area (Å²) in [5.74, 6) is 1.61. The standard InChI is InChI=1S/C48H32N2OS/c1-3-4-19-34-30(2)51-44-28-36-35-20-11-12-21-38(35)48(41(36)27-37(34)44)39-22-13-14-23-45(39)52-46-26-33(24-25-40(46)48)47-49-42(31-15-7-5-8-16-31)29-43(50-47)32-17-9-6-10-18-32/h3-29H,1H2,2H3/b19-4-. The van der Waals surface area contributed by atoms with Gasteiger partial charge in [-0.05, 0) is 70.6 Å². The Morgan fingerprint density at radius 1 is 0.596 bits per heavy atom. The minimum absolute atomic E-state index is 0.525. The van der Waals surface area contributed by atoms with Gasteiger partial charge in [-0.3, -0.25) is 0 Å². The normalized spacial score (nSPS) is 15.4. The lowest BCUT2D eigenvalue weighted by Gasteiger charge is -2.39. The maximum absolute atomic E-state index is 6.40. The number of allylic oxidation sites excluding steroid dienone is 2. The van der Waals surface area contributed by atoms with Crippen LogP contribution >= 0.6 is 11.8 Å². The molecule has 8 aromatic rings. The SMILES string of the molecule is C=C/C=C\c1c(C)oc2cc3c(cc12)C1(c2ccccc2Sc2cc(-c4nc(-c5ccccc5)cc(-c5ccccc5)n4)ccc21)c1ccccc1-3. The third-order valence-corrected chi connectivity index (χ3v) is 11.6. The minimum Gasteiger partial charge on any atom is -0.461 e. The molecule has 1 atom stereocenters. The summed E-state index contributed by atoms with van der Waals surface area (Å²) in [5.41, 5.74) is 13.9. The van der Waals surface area contributed by atoms with Crippen LogP contribution in [0.1, 0.15) is 33.6 Å². The maximum Gasteiger partial charge on any atom is 0.160 e. The van der Waals surface area contributed by atoms with Crippen LogP contribution in [0.4, 0.5) is 0 Å². The Hall–Kier alpha value is -6.23. The highest BCUT2D eigenvalue weighted by Crippen LogP contribution is 2.63. The van der Waals surface area contributed by atoms with Crippen LogP contribution in [-0.2, 0) is 5.41 Å². The van der Waals surface area contributed by atoms with E-state index in [0.29, 0.717) is 5.82 Å². The van der Waals surface area contributed by atoms with Crippen molar-refractivity contribution < 1.29 is 4.42 Å². The van der Waals surface area contributed by atoms with Crippen molar-refractivity contribution in [3.05, 3.63) is 198 Å². The molecule has 246 valence electrons. The zero-order valence-electron chi connectivity index (χ0n) is 28.5. The molecule has 4 heteroatoms. The Kier molecular flexibility index (Phi) is 7.02. The summed E-state index contributed by atoms with van der Waals surface area (Å²) in [7, 11) is 0. The van der Waals surface area contributed by atoms with E-state index in [2.05, 4.69) is 146 Å². The average Bonchev–Trinajstić information content (AvgIpc) is 3.66. The quantitative estimate of drug-likeness (QED) is 0.169. The van der Waals surface area contributed by atoms with E-state index in [4.69, 9.17) is 14.4 Å². The van der Waals surface area contributed by atoms with E-state index >= 15 is 0 Å². The third kappa shape index (κ3) is 4.54. The van der Waals surface area contributed by atoms with Crippen LogP contribution in [-0.4, -0.2) is 9.97 Å². The van der Waals surface area contributed by atoms with Crippen LogP contribution in [0, 0.1) is 6.92 Å². The molecule has 1 spiro atoms. The molecular weight excluding hydrogens is 653 g/mol. The molecule has 1 unspecified atom stereocenters. The van der Waals surface area contributed by atoms with Gasteiger partial charge in [-0.25, -0.2) is 9.97 Å². The predicted molar refractivity (Wildman–Crippen MR) is 214 cm³/mol. The number of hydrogen-bond donors (Lipinski definition) is 0. The highest BCUT2D eigenvalue weighted by molar-refractivity contribution is 7.99. The van der Waals surface area contributed by atoms with Gasteiger partial charge in [-0.15, -0.1) is 0 Å². The van der Waals surface area contributed by atoms with Crippen molar-refractivity contribution in [2.24, 2.45) is 0 Å². The van der Waals surface area contributed by atoms with Gasteiger partial charge in [-0.1, -0.05) is 152 Å². The molecule has 0 saturated carbocycles. The van der Waals surface area contributed by atoms with Crippen molar-refractivity contribution in [1.82, 2.24) is 9.97 Å². The van der Waals surface area contributed by atoms with Gasteiger partial charge in [0.2, 0.25) is 0 Å². The molecule has 0 N–H and O–H groups in total. The maximum atomic E-state index is 6.40. The molecule has 1 aliphatic heterocycles. The van der Waals surface area contributed by atoms with E-state index in [-0.39, 0.29) is 0 Å². The van der Waals surface area contributed by atoms with Crippen molar-refractivity contribution in [3.8, 4) is 45.0 Å². The Morgan fingerprint density at radius 2 is 1.25 bits per heavy atom. The van der Waals surface area contributed by atoms with Gasteiger partial charge in [0.1, 0.15) is 11.3 Å². The van der Waals surface area contributed by atoms with Crippen LogP contribution in [0.25, 0.3) is 62.1 Å². The number of benzene rings is 6. The first-order chi connectivity index (χ1) is 25.6. The van der Waals surface area contributed by atoms with Gasteiger partial charge in [0, 0.05) is 37.4 Å². The summed E-state index contributed by atoms with van der Waals surface area (Å²) in [6.07, 6.45) is 5.90. The van der Waals surface area contributed by atoms with E-state index in [9.17, 15) is 0 Å². The van der Waals surface area contributed by atoms with Gasteiger partial charge in [0.15, 0.2) is 5.82 Å². The number of fused-ring (bicyclic) bond motifs is 10. The fraction of sp³-hybridized carbons (Fsp3) is 0.0417.